The van der Waals surface area contributed by atoms with Gasteiger partial charge in [0.1, 0.15) is 29.6 Å². The smallest absolute Gasteiger partial charge is 0.361 e. The van der Waals surface area contributed by atoms with Gasteiger partial charge >= 0.3 is 17.9 Å². The number of tetrazole rings is 3. The first-order valence-electron chi connectivity index (χ1n) is 44.0. The first-order valence-corrected chi connectivity index (χ1v) is 45.1. The van der Waals surface area contributed by atoms with E-state index in [2.05, 4.69) is 113 Å². The maximum absolute atomic E-state index is 13.2. The molecule has 15 rings (SSSR count). The minimum atomic E-state index is -0.772. The van der Waals surface area contributed by atoms with Crippen LogP contribution in [0.4, 0.5) is 0 Å². The maximum atomic E-state index is 13.2. The number of benzene rings is 6. The number of hydrogen-bond donors (Lipinski definition) is 3. The number of hydrogen-bond acceptors (Lipinski definition) is 29. The molecule has 3 aliphatic heterocycles. The molecule has 3 N–H and O–H groups in total. The minimum Gasteiger partial charge on any atom is -0.569 e. The molecule has 3 atom stereocenters. The topological polar surface area (TPSA) is 483 Å². The van der Waals surface area contributed by atoms with Gasteiger partial charge in [0, 0.05) is 55.6 Å². The monoisotopic (exact) mass is 1880 g/mol. The standard InChI is InChI=1S/C30H34ClN9O5.C30H36ClN9O4.C29H32ClN9O5/c1-3-4-12-26-32-28(31)27(30(42)44-19-45-37-40(43)39-17-8-7-11-25(39)20(2)41)38(26)18-21-13-15-22(16-14-21)23-9-5-6-10-24(23)29-33-35-36-34-29;1-3-5-13-26-32-28(31)27(30(41)43-20-44-37-40(42)39-18-9-8-10-23(39)4-2)38(26)19-21-14-16-22(17-15-21)24-11-6-7-12-25(24)29-33-35-36-34-29;1-3-4-11-25-31-27(30)26(29(41)43-18-44-36-39(42)38-16-7-10-24(38)19(2)40)37(25)17-20-12-14-21(15-13-20)22-8-5-6-9-23(22)28-32-34-35-33-28/h5-6,9-10,13-16,25H,3-4,7-8,11-12,17-19H2,1-2H3,(H,33,34,35,36);6-7,11-12,14-17,23H,3-5,8-10,13,18-20H2,1-2H3,(H,33,34,35,36);5-6,8-9,12-15,24H,3-4,7,10-11,16-18H2,1-2H3,(H,32,33,34,35)/b2*40-37-;39-36-/t;;24-/m..0/s1. The second kappa shape index (κ2) is 47.6. The summed E-state index contributed by atoms with van der Waals surface area (Å²) in [5.41, 5.74) is 11.3. The van der Waals surface area contributed by atoms with Crippen LogP contribution in [0.1, 0.15) is 203 Å². The molecular formula is C89H102Cl3N27O14. The molecule has 6 aromatic heterocycles. The van der Waals surface area contributed by atoms with Crippen molar-refractivity contribution in [2.45, 2.75) is 195 Å². The van der Waals surface area contributed by atoms with E-state index < -0.39 is 50.4 Å². The lowest BCUT2D eigenvalue weighted by Gasteiger charge is -2.30. The second-order valence-corrected chi connectivity index (χ2v) is 32.6. The molecule has 6 aromatic carbocycles. The summed E-state index contributed by atoms with van der Waals surface area (Å²) in [5.74, 6) is 0.980. The number of imidazole rings is 3. The van der Waals surface area contributed by atoms with E-state index in [1.165, 1.54) is 23.9 Å². The number of rotatable bonds is 39. The molecule has 44 heteroatoms. The van der Waals surface area contributed by atoms with Crippen LogP contribution in [0.25, 0.3) is 67.5 Å². The zero-order chi connectivity index (χ0) is 93.7. The van der Waals surface area contributed by atoms with E-state index in [1.807, 2.05) is 153 Å². The largest absolute Gasteiger partial charge is 0.569 e. The van der Waals surface area contributed by atoms with Gasteiger partial charge in [-0.15, -0.1) is 45.6 Å². The lowest BCUT2D eigenvalue weighted by Crippen LogP contribution is -2.47. The van der Waals surface area contributed by atoms with Crippen molar-refractivity contribution in [1.29, 1.82) is 0 Å². The molecule has 0 saturated carbocycles. The SMILES string of the molecule is CCCCc1nc(Cl)c(C(=O)OCO/N=[N+](\[O-])N2CCCCC2C(C)=O)n1Cc1ccc(-c2ccccc2-c2nn[nH]n2)cc1.CCCCc1nc(Cl)c(C(=O)OCO/N=[N+](\[O-])N2CCCCC2CC)n1Cc1ccc(-c2ccccc2-c2nn[nH]n2)cc1.CCCCc1nc(Cl)c(C(=O)OCO/N=[N+](\[O-])N2CCC[C@H]2C(C)=O)n1Cc1ccc(-c2ccccc2-c2nn[nH]n2)cc1. The molecule has 0 radical (unpaired) electrons. The third kappa shape index (κ3) is 24.7. The van der Waals surface area contributed by atoms with Gasteiger partial charge in [0.2, 0.25) is 33.3 Å². The molecule has 2 unspecified atom stereocenters. The quantitative estimate of drug-likeness (QED) is 0.00612. The van der Waals surface area contributed by atoms with Crippen molar-refractivity contribution in [1.82, 2.24) is 106 Å². The first-order chi connectivity index (χ1) is 64.7. The average Bonchev–Trinajstić information content (AvgIpc) is 1.67. The Balaban J connectivity index is 0.000000169. The molecular weight excluding hydrogens is 1780 g/mol. The maximum Gasteiger partial charge on any atom is 0.361 e. The molecule has 0 aliphatic carbocycles. The van der Waals surface area contributed by atoms with Crippen LogP contribution in [0.5, 0.6) is 0 Å². The number of nitrogens with one attached hydrogen (secondary N) is 3. The number of nitrogens with zero attached hydrogens (tertiary/aromatic N) is 24. The van der Waals surface area contributed by atoms with Crippen LogP contribution in [0.15, 0.2) is 161 Å². The lowest BCUT2D eigenvalue weighted by molar-refractivity contribution is -0.721. The summed E-state index contributed by atoms with van der Waals surface area (Å²) >= 11 is 19.4. The third-order valence-corrected chi connectivity index (χ3v) is 23.5. The Morgan fingerprint density at radius 1 is 0.406 bits per heavy atom. The number of hydrazine groups is 3. The molecule has 0 spiro atoms. The van der Waals surface area contributed by atoms with Gasteiger partial charge in [-0.05, 0) is 157 Å². The summed E-state index contributed by atoms with van der Waals surface area (Å²) in [4.78, 5) is 92.5. The van der Waals surface area contributed by atoms with E-state index in [-0.39, 0.29) is 60.1 Å². The predicted octanol–water partition coefficient (Wildman–Crippen LogP) is 15.9. The number of carbonyl (C=O) groups excluding carboxylic acids is 5. The van der Waals surface area contributed by atoms with E-state index in [0.717, 1.165) is 144 Å². The molecule has 3 fully saturated rings. The van der Waals surface area contributed by atoms with Crippen LogP contribution in [0.3, 0.4) is 0 Å². The van der Waals surface area contributed by atoms with E-state index in [9.17, 15) is 39.6 Å². The van der Waals surface area contributed by atoms with Crippen LogP contribution in [-0.2, 0) is 77.2 Å². The molecule has 0 amide bonds. The van der Waals surface area contributed by atoms with E-state index in [0.29, 0.717) is 118 Å². The number of aromatic amines is 3. The summed E-state index contributed by atoms with van der Waals surface area (Å²) in [7, 11) is 0. The fourth-order valence-electron chi connectivity index (χ4n) is 15.9. The number of ketones is 2. The summed E-state index contributed by atoms with van der Waals surface area (Å²) < 4.78 is 21.1. The van der Waals surface area contributed by atoms with Gasteiger partial charge in [0.05, 0.1) is 40.6 Å². The van der Waals surface area contributed by atoms with Crippen molar-refractivity contribution < 1.29 is 67.6 Å². The fourth-order valence-corrected chi connectivity index (χ4v) is 16.8. The number of aryl methyl sites for hydroxylation is 3. The number of piperidine rings is 2. The number of carbonyl (C=O) groups is 5. The Kier molecular flexibility index (Phi) is 34.4. The number of Topliss-reactive ketones (excluding diaryl/α,β-unsaturated/α-hetero) is 2. The molecule has 12 aromatic rings. The Morgan fingerprint density at radius 3 is 1.02 bits per heavy atom. The van der Waals surface area contributed by atoms with Crippen LogP contribution >= 0.6 is 34.8 Å². The van der Waals surface area contributed by atoms with Gasteiger partial charge in [0.15, 0.2) is 44.1 Å². The van der Waals surface area contributed by atoms with E-state index >= 15 is 0 Å². The molecule has 3 saturated heterocycles. The Hall–Kier alpha value is -14.2. The highest BCUT2D eigenvalue weighted by Crippen LogP contribution is 2.36. The summed E-state index contributed by atoms with van der Waals surface area (Å²) in [6.45, 7) is 11.7. The summed E-state index contributed by atoms with van der Waals surface area (Å²) in [6, 6.07) is 46.2. The first kappa shape index (κ1) is 96.3. The molecule has 0 bridgehead atoms. The highest BCUT2D eigenvalue weighted by Gasteiger charge is 2.37. The summed E-state index contributed by atoms with van der Waals surface area (Å²) in [6.07, 6.45) is 14.5. The van der Waals surface area contributed by atoms with Crippen molar-refractivity contribution >= 4 is 64.3 Å². The highest BCUT2D eigenvalue weighted by atomic mass is 35.5. The van der Waals surface area contributed by atoms with Gasteiger partial charge in [-0.3, -0.25) is 9.59 Å². The van der Waals surface area contributed by atoms with Gasteiger partial charge < -0.3 is 58.0 Å². The number of esters is 3. The zero-order valence-electron chi connectivity index (χ0n) is 74.3. The number of aromatic nitrogens is 18. The van der Waals surface area contributed by atoms with E-state index in [1.54, 1.807) is 18.7 Å². The third-order valence-electron chi connectivity index (χ3n) is 22.7. The number of unbranched alkanes of at least 4 members (excludes halogenated alkanes) is 3. The predicted molar refractivity (Wildman–Crippen MR) is 482 cm³/mol. The van der Waals surface area contributed by atoms with Crippen LogP contribution in [0.2, 0.25) is 15.5 Å². The normalized spacial score (nSPS) is 15.2. The number of H-pyrrole nitrogens is 3. The van der Waals surface area contributed by atoms with Gasteiger partial charge in [0.25, 0.3) is 20.4 Å². The van der Waals surface area contributed by atoms with Crippen LogP contribution in [0, 0.1) is 15.6 Å². The van der Waals surface area contributed by atoms with Gasteiger partial charge in [-0.1, -0.05) is 227 Å². The number of ether oxygens (including phenoxy) is 3. The molecule has 698 valence electrons. The van der Waals surface area contributed by atoms with Crippen molar-refractivity contribution in [2.75, 3.05) is 40.0 Å². The van der Waals surface area contributed by atoms with Gasteiger partial charge in [-0.2, -0.15) is 15.6 Å². The Morgan fingerprint density at radius 2 is 0.707 bits per heavy atom. The Labute approximate surface area is 779 Å². The Bertz CT molecular complexity index is 5960. The lowest BCUT2D eigenvalue weighted by atomic mass is 9.98. The molecule has 133 heavy (non-hydrogen) atoms. The molecule has 3 aliphatic rings. The van der Waals surface area contributed by atoms with Crippen molar-refractivity contribution in [3.05, 3.63) is 228 Å². The summed E-state index contributed by atoms with van der Waals surface area (Å²) in [5, 5.41) is 95.1. The fraction of sp³-hybridized carbons (Fsp3) is 0.404. The highest BCUT2D eigenvalue weighted by molar-refractivity contribution is 6.33. The van der Waals surface area contributed by atoms with Crippen LogP contribution in [-0.4, -0.2) is 208 Å². The number of halogens is 3. The molecule has 41 nitrogen and oxygen atoms in total. The van der Waals surface area contributed by atoms with Crippen molar-refractivity contribution in [3.8, 4) is 67.5 Å². The van der Waals surface area contributed by atoms with Crippen molar-refractivity contribution in [3.63, 3.8) is 0 Å². The average molecular weight is 1880 g/mol. The zero-order valence-corrected chi connectivity index (χ0v) is 76.5. The second-order valence-electron chi connectivity index (χ2n) is 31.5. The molecule has 9 heterocycles. The van der Waals surface area contributed by atoms with Gasteiger partial charge in [-0.25, -0.2) is 29.3 Å². The van der Waals surface area contributed by atoms with E-state index in [4.69, 9.17) is 63.5 Å². The minimum absolute atomic E-state index is 0.00974. The van der Waals surface area contributed by atoms with Crippen LogP contribution < -0.4 is 0 Å². The van der Waals surface area contributed by atoms with Crippen molar-refractivity contribution in [2.24, 2.45) is 15.8 Å².